The maximum absolute atomic E-state index is 13.2. The molecule has 0 radical (unpaired) electrons. The minimum absolute atomic E-state index is 0.0549. The van der Waals surface area contributed by atoms with Gasteiger partial charge in [-0.25, -0.2) is 9.97 Å². The number of methoxy groups -OCH3 is 3. The summed E-state index contributed by atoms with van der Waals surface area (Å²) in [6.07, 6.45) is 5.10. The van der Waals surface area contributed by atoms with Crippen LogP contribution in [0.3, 0.4) is 0 Å². The number of ether oxygens (including phenoxy) is 3. The van der Waals surface area contributed by atoms with E-state index in [0.29, 0.717) is 29.5 Å². The highest BCUT2D eigenvalue weighted by Gasteiger charge is 2.29. The number of aryl methyl sites for hydroxylation is 1. The molecule has 1 aromatic heterocycles. The van der Waals surface area contributed by atoms with Crippen LogP contribution in [0.25, 0.3) is 0 Å². The zero-order chi connectivity index (χ0) is 24.8. The quantitative estimate of drug-likeness (QED) is 0.477. The molecule has 35 heavy (non-hydrogen) atoms. The molecule has 0 bridgehead atoms. The molecule has 1 unspecified atom stereocenters. The van der Waals surface area contributed by atoms with Crippen molar-refractivity contribution in [3.63, 3.8) is 0 Å². The van der Waals surface area contributed by atoms with E-state index in [1.165, 1.54) is 5.56 Å². The lowest BCUT2D eigenvalue weighted by Gasteiger charge is -2.33. The fourth-order valence-corrected chi connectivity index (χ4v) is 5.18. The number of carbonyl (C=O) groups is 1. The SMILES string of the molecule is COc1cc(NC(=O)C2CCCN(c3nccnc3Sc3cccc(C)c3)C2)cc(OC)c1OC. The molecule has 0 aliphatic carbocycles. The number of amides is 1. The molecule has 1 aliphatic heterocycles. The molecular formula is C26H30N4O4S. The predicted octanol–water partition coefficient (Wildman–Crippen LogP) is 4.82. The van der Waals surface area contributed by atoms with Gasteiger partial charge in [-0.2, -0.15) is 0 Å². The van der Waals surface area contributed by atoms with Crippen LogP contribution in [0.15, 0.2) is 58.7 Å². The van der Waals surface area contributed by atoms with Gasteiger partial charge in [0.15, 0.2) is 17.3 Å². The number of nitrogens with zero attached hydrogens (tertiary/aromatic N) is 3. The van der Waals surface area contributed by atoms with Gasteiger partial charge in [0.05, 0.1) is 27.2 Å². The Kier molecular flexibility index (Phi) is 7.97. The number of hydrogen-bond donors (Lipinski definition) is 1. The van der Waals surface area contributed by atoms with Gasteiger partial charge in [-0.3, -0.25) is 4.79 Å². The average Bonchev–Trinajstić information content (AvgIpc) is 2.88. The van der Waals surface area contributed by atoms with Gasteiger partial charge in [0, 0.05) is 48.2 Å². The van der Waals surface area contributed by atoms with Gasteiger partial charge in [-0.15, -0.1) is 0 Å². The Hall–Kier alpha value is -3.46. The third-order valence-electron chi connectivity index (χ3n) is 5.87. The van der Waals surface area contributed by atoms with E-state index < -0.39 is 0 Å². The normalized spacial score (nSPS) is 15.4. The number of rotatable bonds is 8. The number of carbonyl (C=O) groups excluding carboxylic acids is 1. The first-order valence-electron chi connectivity index (χ1n) is 11.4. The maximum Gasteiger partial charge on any atom is 0.229 e. The fraction of sp³-hybridized carbons (Fsp3) is 0.346. The van der Waals surface area contributed by atoms with Gasteiger partial charge in [0.25, 0.3) is 0 Å². The minimum atomic E-state index is -0.193. The van der Waals surface area contributed by atoms with Gasteiger partial charge in [0.1, 0.15) is 5.03 Å². The van der Waals surface area contributed by atoms with E-state index >= 15 is 0 Å². The molecule has 1 amide bonds. The van der Waals surface area contributed by atoms with Crippen LogP contribution >= 0.6 is 11.8 Å². The van der Waals surface area contributed by atoms with Crippen molar-refractivity contribution in [2.45, 2.75) is 29.7 Å². The van der Waals surface area contributed by atoms with E-state index in [9.17, 15) is 4.79 Å². The van der Waals surface area contributed by atoms with Crippen molar-refractivity contribution in [2.24, 2.45) is 5.92 Å². The van der Waals surface area contributed by atoms with Gasteiger partial charge in [0.2, 0.25) is 11.7 Å². The molecule has 2 heterocycles. The standard InChI is InChI=1S/C26H30N4O4S/c1-17-7-5-9-20(13-17)35-26-24(27-10-11-28-26)30-12-6-8-18(16-30)25(31)29-19-14-21(32-2)23(34-4)22(15-19)33-3/h5,7,9-11,13-15,18H,6,8,12,16H2,1-4H3,(H,29,31). The van der Waals surface area contributed by atoms with E-state index in [1.54, 1.807) is 57.6 Å². The molecule has 2 aromatic carbocycles. The van der Waals surface area contributed by atoms with Gasteiger partial charge in [-0.1, -0.05) is 29.5 Å². The summed E-state index contributed by atoms with van der Waals surface area (Å²) < 4.78 is 16.2. The van der Waals surface area contributed by atoms with Crippen LogP contribution in [0.2, 0.25) is 0 Å². The molecule has 1 fully saturated rings. The molecule has 4 rings (SSSR count). The number of anilines is 2. The summed E-state index contributed by atoms with van der Waals surface area (Å²) in [5.74, 6) is 2.03. The summed E-state index contributed by atoms with van der Waals surface area (Å²) in [6, 6.07) is 11.8. The lowest BCUT2D eigenvalue weighted by atomic mass is 9.97. The Labute approximate surface area is 210 Å². The number of piperidine rings is 1. The average molecular weight is 495 g/mol. The van der Waals surface area contributed by atoms with Crippen molar-refractivity contribution in [1.82, 2.24) is 9.97 Å². The van der Waals surface area contributed by atoms with Crippen LogP contribution in [0, 0.1) is 12.8 Å². The van der Waals surface area contributed by atoms with Crippen molar-refractivity contribution in [3.8, 4) is 17.2 Å². The summed E-state index contributed by atoms with van der Waals surface area (Å²) in [6.45, 7) is 3.47. The molecule has 3 aromatic rings. The lowest BCUT2D eigenvalue weighted by Crippen LogP contribution is -2.41. The van der Waals surface area contributed by atoms with Crippen molar-refractivity contribution in [2.75, 3.05) is 44.6 Å². The van der Waals surface area contributed by atoms with Crippen molar-refractivity contribution in [1.29, 1.82) is 0 Å². The summed E-state index contributed by atoms with van der Waals surface area (Å²) in [5.41, 5.74) is 1.79. The molecule has 184 valence electrons. The van der Waals surface area contributed by atoms with Crippen LogP contribution in [-0.4, -0.2) is 50.3 Å². The van der Waals surface area contributed by atoms with E-state index in [1.807, 2.05) is 6.07 Å². The molecule has 8 nitrogen and oxygen atoms in total. The smallest absolute Gasteiger partial charge is 0.229 e. The van der Waals surface area contributed by atoms with Gasteiger partial charge >= 0.3 is 0 Å². The number of nitrogens with one attached hydrogen (secondary N) is 1. The Balaban J connectivity index is 1.50. The number of hydrogen-bond acceptors (Lipinski definition) is 8. The van der Waals surface area contributed by atoms with Crippen LogP contribution in [-0.2, 0) is 4.79 Å². The second-order valence-electron chi connectivity index (χ2n) is 8.29. The van der Waals surface area contributed by atoms with Crippen molar-refractivity contribution < 1.29 is 19.0 Å². The molecule has 0 spiro atoms. The molecule has 1 saturated heterocycles. The third kappa shape index (κ3) is 5.79. The van der Waals surface area contributed by atoms with Gasteiger partial charge < -0.3 is 24.4 Å². The zero-order valence-corrected chi connectivity index (χ0v) is 21.2. The first-order chi connectivity index (χ1) is 17.0. The minimum Gasteiger partial charge on any atom is -0.493 e. The van der Waals surface area contributed by atoms with E-state index in [4.69, 9.17) is 14.2 Å². The van der Waals surface area contributed by atoms with Crippen molar-refractivity contribution >= 4 is 29.2 Å². The summed E-state index contributed by atoms with van der Waals surface area (Å²) in [5, 5.41) is 3.86. The molecule has 1 N–H and O–H groups in total. The van der Waals surface area contributed by atoms with Crippen molar-refractivity contribution in [3.05, 3.63) is 54.4 Å². The number of aromatic nitrogens is 2. The highest BCUT2D eigenvalue weighted by molar-refractivity contribution is 7.99. The largest absolute Gasteiger partial charge is 0.493 e. The zero-order valence-electron chi connectivity index (χ0n) is 20.4. The predicted molar refractivity (Wildman–Crippen MR) is 137 cm³/mol. The van der Waals surface area contributed by atoms with Gasteiger partial charge in [-0.05, 0) is 31.9 Å². The Morgan fingerprint density at radius 2 is 1.80 bits per heavy atom. The number of benzene rings is 2. The molecule has 0 saturated carbocycles. The Morgan fingerprint density at radius 1 is 1.06 bits per heavy atom. The van der Waals surface area contributed by atoms with Crippen LogP contribution in [0.1, 0.15) is 18.4 Å². The first kappa shape index (κ1) is 24.7. The molecular weight excluding hydrogens is 464 g/mol. The summed E-state index contributed by atoms with van der Waals surface area (Å²) >= 11 is 1.59. The highest BCUT2D eigenvalue weighted by atomic mass is 32.2. The van der Waals surface area contributed by atoms with Crippen LogP contribution in [0.4, 0.5) is 11.5 Å². The fourth-order valence-electron chi connectivity index (χ4n) is 4.18. The summed E-state index contributed by atoms with van der Waals surface area (Å²) in [4.78, 5) is 25.7. The van der Waals surface area contributed by atoms with Crippen LogP contribution < -0.4 is 24.4 Å². The molecule has 1 aliphatic rings. The second-order valence-corrected chi connectivity index (χ2v) is 9.35. The van der Waals surface area contributed by atoms with E-state index in [2.05, 4.69) is 45.3 Å². The molecule has 9 heteroatoms. The van der Waals surface area contributed by atoms with E-state index in [-0.39, 0.29) is 11.8 Å². The Bertz CT molecular complexity index is 1160. The topological polar surface area (TPSA) is 85.8 Å². The Morgan fingerprint density at radius 3 is 2.49 bits per heavy atom. The highest BCUT2D eigenvalue weighted by Crippen LogP contribution is 2.40. The molecule has 1 atom stereocenters. The summed E-state index contributed by atoms with van der Waals surface area (Å²) in [7, 11) is 4.65. The van der Waals surface area contributed by atoms with Crippen LogP contribution in [0.5, 0.6) is 17.2 Å². The second kappa shape index (κ2) is 11.3. The van der Waals surface area contributed by atoms with E-state index in [0.717, 1.165) is 35.1 Å². The lowest BCUT2D eigenvalue weighted by molar-refractivity contribution is -0.120. The maximum atomic E-state index is 13.2. The first-order valence-corrected chi connectivity index (χ1v) is 12.3. The third-order valence-corrected chi connectivity index (χ3v) is 6.85. The monoisotopic (exact) mass is 494 g/mol.